The maximum absolute atomic E-state index is 13.2. The monoisotopic (exact) mass is 401 g/mol. The maximum Gasteiger partial charge on any atom is 0.274 e. The molecule has 0 saturated carbocycles. The molecule has 1 N–H and O–H groups in total. The molecule has 0 bridgehead atoms. The summed E-state index contributed by atoms with van der Waals surface area (Å²) in [6.45, 7) is 2.34. The SMILES string of the molecule is Cc1ccccc1NC(=O)CCCN1C(=O)C(c2ccccc2)Oc2cccnc21. The zero-order valence-electron chi connectivity index (χ0n) is 16.7. The van der Waals surface area contributed by atoms with E-state index in [1.807, 2.05) is 67.6 Å². The van der Waals surface area contributed by atoms with Crippen molar-refractivity contribution in [1.29, 1.82) is 0 Å². The van der Waals surface area contributed by atoms with E-state index in [-0.39, 0.29) is 11.8 Å². The average Bonchev–Trinajstić information content (AvgIpc) is 2.77. The molecule has 6 nitrogen and oxygen atoms in total. The number of pyridine rings is 1. The number of carbonyl (C=O) groups excluding carboxylic acids is 2. The number of hydrogen-bond donors (Lipinski definition) is 1. The van der Waals surface area contributed by atoms with Gasteiger partial charge in [-0.2, -0.15) is 0 Å². The van der Waals surface area contributed by atoms with Crippen LogP contribution in [0.2, 0.25) is 0 Å². The fourth-order valence-corrected chi connectivity index (χ4v) is 3.48. The molecule has 0 aliphatic carbocycles. The molecule has 0 radical (unpaired) electrons. The van der Waals surface area contributed by atoms with Crippen molar-refractivity contribution >= 4 is 23.3 Å². The molecule has 1 atom stereocenters. The second-order valence-corrected chi connectivity index (χ2v) is 7.19. The lowest BCUT2D eigenvalue weighted by Gasteiger charge is -2.33. The van der Waals surface area contributed by atoms with E-state index in [0.717, 1.165) is 16.8 Å². The molecular formula is C24H23N3O3. The fraction of sp³-hybridized carbons (Fsp3) is 0.208. The molecule has 30 heavy (non-hydrogen) atoms. The van der Waals surface area contributed by atoms with Gasteiger partial charge in [-0.05, 0) is 37.1 Å². The average molecular weight is 401 g/mol. The number of nitrogens with zero attached hydrogens (tertiary/aromatic N) is 2. The highest BCUT2D eigenvalue weighted by Gasteiger charge is 2.36. The van der Waals surface area contributed by atoms with Crippen molar-refractivity contribution in [3.63, 3.8) is 0 Å². The second-order valence-electron chi connectivity index (χ2n) is 7.19. The number of aromatic nitrogens is 1. The third kappa shape index (κ3) is 4.17. The summed E-state index contributed by atoms with van der Waals surface area (Å²) in [5.41, 5.74) is 2.61. The molecule has 1 aliphatic rings. The lowest BCUT2D eigenvalue weighted by atomic mass is 10.1. The smallest absolute Gasteiger partial charge is 0.274 e. The van der Waals surface area contributed by atoms with Crippen molar-refractivity contribution in [2.45, 2.75) is 25.9 Å². The molecule has 4 rings (SSSR count). The molecule has 2 aromatic carbocycles. The van der Waals surface area contributed by atoms with Crippen LogP contribution in [-0.4, -0.2) is 23.3 Å². The number of hydrogen-bond acceptors (Lipinski definition) is 4. The van der Waals surface area contributed by atoms with Gasteiger partial charge in [-0.3, -0.25) is 14.5 Å². The first-order valence-corrected chi connectivity index (χ1v) is 9.97. The van der Waals surface area contributed by atoms with Crippen LogP contribution in [0.4, 0.5) is 11.5 Å². The van der Waals surface area contributed by atoms with Crippen molar-refractivity contribution in [1.82, 2.24) is 4.98 Å². The number of amides is 2. The Hall–Kier alpha value is -3.67. The molecule has 0 fully saturated rings. The van der Waals surface area contributed by atoms with Gasteiger partial charge >= 0.3 is 0 Å². The number of nitrogens with one attached hydrogen (secondary N) is 1. The van der Waals surface area contributed by atoms with E-state index in [4.69, 9.17) is 4.74 Å². The molecule has 1 aromatic heterocycles. The van der Waals surface area contributed by atoms with Gasteiger partial charge in [0.1, 0.15) is 0 Å². The van der Waals surface area contributed by atoms with Crippen LogP contribution in [0.25, 0.3) is 0 Å². The molecular weight excluding hydrogens is 378 g/mol. The number of para-hydroxylation sites is 1. The molecule has 0 saturated heterocycles. The highest BCUT2D eigenvalue weighted by atomic mass is 16.5. The molecule has 6 heteroatoms. The van der Waals surface area contributed by atoms with Gasteiger partial charge in [0.15, 0.2) is 11.6 Å². The van der Waals surface area contributed by atoms with Crippen LogP contribution < -0.4 is 15.0 Å². The van der Waals surface area contributed by atoms with Gasteiger partial charge in [-0.25, -0.2) is 4.98 Å². The summed E-state index contributed by atoms with van der Waals surface area (Å²) in [7, 11) is 0. The summed E-state index contributed by atoms with van der Waals surface area (Å²) in [5.74, 6) is 0.807. The molecule has 0 spiro atoms. The first-order valence-electron chi connectivity index (χ1n) is 9.97. The number of anilines is 2. The Labute approximate surface area is 175 Å². The highest BCUT2D eigenvalue weighted by Crippen LogP contribution is 2.37. The van der Waals surface area contributed by atoms with Gasteiger partial charge < -0.3 is 10.1 Å². The molecule has 2 heterocycles. The summed E-state index contributed by atoms with van der Waals surface area (Å²) in [6, 6.07) is 20.7. The van der Waals surface area contributed by atoms with Gasteiger partial charge in [0.05, 0.1) is 0 Å². The summed E-state index contributed by atoms with van der Waals surface area (Å²) < 4.78 is 5.95. The Balaban J connectivity index is 1.45. The van der Waals surface area contributed by atoms with E-state index in [9.17, 15) is 9.59 Å². The van der Waals surface area contributed by atoms with E-state index in [1.165, 1.54) is 0 Å². The second kappa shape index (κ2) is 8.78. The largest absolute Gasteiger partial charge is 0.472 e. The van der Waals surface area contributed by atoms with Crippen molar-refractivity contribution in [3.05, 3.63) is 84.1 Å². The molecule has 2 amide bonds. The minimum Gasteiger partial charge on any atom is -0.472 e. The van der Waals surface area contributed by atoms with Gasteiger partial charge in [-0.1, -0.05) is 48.5 Å². The number of rotatable bonds is 6. The van der Waals surface area contributed by atoms with E-state index < -0.39 is 6.10 Å². The van der Waals surface area contributed by atoms with Crippen molar-refractivity contribution in [2.75, 3.05) is 16.8 Å². The van der Waals surface area contributed by atoms with E-state index >= 15 is 0 Å². The highest BCUT2D eigenvalue weighted by molar-refractivity contribution is 5.99. The predicted octanol–water partition coefficient (Wildman–Crippen LogP) is 4.28. The van der Waals surface area contributed by atoms with Crippen molar-refractivity contribution < 1.29 is 14.3 Å². The number of carbonyl (C=O) groups is 2. The van der Waals surface area contributed by atoms with Gasteiger partial charge in [0.25, 0.3) is 5.91 Å². The van der Waals surface area contributed by atoms with Crippen molar-refractivity contribution in [3.8, 4) is 5.75 Å². The van der Waals surface area contributed by atoms with Crippen LogP contribution in [0.15, 0.2) is 72.9 Å². The minimum absolute atomic E-state index is 0.0779. The topological polar surface area (TPSA) is 71.5 Å². The molecule has 1 unspecified atom stereocenters. The molecule has 152 valence electrons. The van der Waals surface area contributed by atoms with Crippen LogP contribution in [-0.2, 0) is 9.59 Å². The lowest BCUT2D eigenvalue weighted by Crippen LogP contribution is -2.42. The zero-order valence-corrected chi connectivity index (χ0v) is 16.7. The van der Waals surface area contributed by atoms with Gasteiger partial charge in [0, 0.05) is 30.4 Å². The van der Waals surface area contributed by atoms with Gasteiger partial charge in [-0.15, -0.1) is 0 Å². The Morgan fingerprint density at radius 2 is 1.83 bits per heavy atom. The molecule has 3 aromatic rings. The fourth-order valence-electron chi connectivity index (χ4n) is 3.48. The third-order valence-corrected chi connectivity index (χ3v) is 5.05. The quantitative estimate of drug-likeness (QED) is 0.669. The van der Waals surface area contributed by atoms with E-state index in [2.05, 4.69) is 10.3 Å². The minimum atomic E-state index is -0.719. The Morgan fingerprint density at radius 1 is 1.07 bits per heavy atom. The van der Waals surface area contributed by atoms with Gasteiger partial charge in [0.2, 0.25) is 12.0 Å². The summed E-state index contributed by atoms with van der Waals surface area (Å²) in [6.07, 6.45) is 1.73. The summed E-state index contributed by atoms with van der Waals surface area (Å²) in [5, 5.41) is 2.93. The molecule has 1 aliphatic heterocycles. The Bertz CT molecular complexity index is 1050. The number of ether oxygens (including phenoxy) is 1. The van der Waals surface area contributed by atoms with Crippen molar-refractivity contribution in [2.24, 2.45) is 0 Å². The summed E-state index contributed by atoms with van der Waals surface area (Å²) in [4.78, 5) is 31.5. The Kier molecular flexibility index (Phi) is 5.75. The first-order chi connectivity index (χ1) is 14.6. The van der Waals surface area contributed by atoms with Crippen LogP contribution in [0.3, 0.4) is 0 Å². The zero-order chi connectivity index (χ0) is 20.9. The van der Waals surface area contributed by atoms with Crippen LogP contribution in [0.5, 0.6) is 5.75 Å². The number of fused-ring (bicyclic) bond motifs is 1. The van der Waals surface area contributed by atoms with E-state index in [0.29, 0.717) is 31.0 Å². The Morgan fingerprint density at radius 3 is 2.63 bits per heavy atom. The maximum atomic E-state index is 13.2. The lowest BCUT2D eigenvalue weighted by molar-refractivity contribution is -0.127. The van der Waals surface area contributed by atoms with Crippen LogP contribution in [0, 0.1) is 6.92 Å². The summed E-state index contributed by atoms with van der Waals surface area (Å²) >= 11 is 0. The van der Waals surface area contributed by atoms with Crippen LogP contribution >= 0.6 is 0 Å². The van der Waals surface area contributed by atoms with Crippen LogP contribution in [0.1, 0.15) is 30.1 Å². The number of benzene rings is 2. The predicted molar refractivity (Wildman–Crippen MR) is 115 cm³/mol. The number of aryl methyl sites for hydroxylation is 1. The first kappa shape index (κ1) is 19.6. The normalized spacial score (nSPS) is 15.3. The standard InChI is InChI=1S/C24H23N3O3/c1-17-9-5-6-12-19(17)26-21(28)14-8-16-27-23-20(13-7-15-25-23)30-22(24(27)29)18-10-3-2-4-11-18/h2-7,9-13,15,22H,8,14,16H2,1H3,(H,26,28). The van der Waals surface area contributed by atoms with E-state index in [1.54, 1.807) is 17.2 Å². The third-order valence-electron chi connectivity index (χ3n) is 5.05.